The number of nitrogens with zero attached hydrogens (tertiary/aromatic N) is 1. The lowest BCUT2D eigenvalue weighted by atomic mass is 9.93. The number of methoxy groups -OCH3 is 1. The highest BCUT2D eigenvalue weighted by atomic mass is 16.5. The number of pyridine rings is 1. The van der Waals surface area contributed by atoms with Crippen molar-refractivity contribution >= 4 is 12.0 Å². The highest BCUT2D eigenvalue weighted by Crippen LogP contribution is 2.23. The zero-order chi connectivity index (χ0) is 15.3. The van der Waals surface area contributed by atoms with Gasteiger partial charge in [0.2, 0.25) is 0 Å². The van der Waals surface area contributed by atoms with Crippen LogP contribution in [-0.2, 0) is 4.74 Å². The molecular weight excluding hydrogens is 262 g/mol. The molecule has 0 unspecified atom stereocenters. The first-order chi connectivity index (χ1) is 10.00. The summed E-state index contributed by atoms with van der Waals surface area (Å²) in [4.78, 5) is 15.6. The third-order valence-corrected chi connectivity index (χ3v) is 3.17. The summed E-state index contributed by atoms with van der Waals surface area (Å²) in [5.41, 5.74) is 2.43. The quantitative estimate of drug-likeness (QED) is 0.787. The second-order valence-electron chi connectivity index (χ2n) is 5.48. The molecular formula is C18H19NO2. The van der Waals surface area contributed by atoms with Crippen molar-refractivity contribution in [2.75, 3.05) is 7.11 Å². The van der Waals surface area contributed by atoms with E-state index in [-0.39, 0.29) is 11.4 Å². The largest absolute Gasteiger partial charge is 0.465 e. The maximum Gasteiger partial charge on any atom is 0.339 e. The van der Waals surface area contributed by atoms with Crippen LogP contribution in [0.15, 0.2) is 60.4 Å². The van der Waals surface area contributed by atoms with Crippen molar-refractivity contribution in [2.45, 2.75) is 13.8 Å². The Kier molecular flexibility index (Phi) is 4.53. The number of carbonyl (C=O) groups is 1. The van der Waals surface area contributed by atoms with Crippen molar-refractivity contribution in [2.24, 2.45) is 5.41 Å². The summed E-state index contributed by atoms with van der Waals surface area (Å²) < 4.78 is 4.64. The number of rotatable bonds is 3. The van der Waals surface area contributed by atoms with Crippen molar-refractivity contribution in [1.29, 1.82) is 0 Å². The predicted molar refractivity (Wildman–Crippen MR) is 84.8 cm³/mol. The lowest BCUT2D eigenvalue weighted by Gasteiger charge is -2.12. The van der Waals surface area contributed by atoms with Crippen LogP contribution in [-0.4, -0.2) is 18.1 Å². The first kappa shape index (κ1) is 15.0. The fraction of sp³-hybridized carbons (Fsp3) is 0.222. The van der Waals surface area contributed by atoms with Crippen LogP contribution in [0.3, 0.4) is 0 Å². The van der Waals surface area contributed by atoms with Crippen LogP contribution in [0.2, 0.25) is 0 Å². The zero-order valence-corrected chi connectivity index (χ0v) is 12.5. The van der Waals surface area contributed by atoms with Gasteiger partial charge >= 0.3 is 5.97 Å². The first-order valence-electron chi connectivity index (χ1n) is 6.81. The number of esters is 1. The molecule has 1 aromatic heterocycles. The van der Waals surface area contributed by atoms with E-state index < -0.39 is 0 Å². The van der Waals surface area contributed by atoms with Crippen LogP contribution in [0.4, 0.5) is 0 Å². The molecule has 0 spiro atoms. The molecule has 0 aliphatic heterocycles. The molecule has 0 N–H and O–H groups in total. The Balaban J connectivity index is 2.10. The summed E-state index contributed by atoms with van der Waals surface area (Å²) in [5.74, 6) is -0.375. The van der Waals surface area contributed by atoms with Crippen molar-refractivity contribution in [3.63, 3.8) is 0 Å². The molecule has 0 amide bonds. The van der Waals surface area contributed by atoms with Gasteiger partial charge in [0.15, 0.2) is 0 Å². The molecule has 0 bridgehead atoms. The monoisotopic (exact) mass is 281 g/mol. The van der Waals surface area contributed by atoms with E-state index in [0.29, 0.717) is 5.56 Å². The van der Waals surface area contributed by atoms with Crippen molar-refractivity contribution in [1.82, 2.24) is 4.98 Å². The van der Waals surface area contributed by atoms with E-state index in [1.54, 1.807) is 12.1 Å². The molecule has 0 saturated heterocycles. The maximum absolute atomic E-state index is 11.3. The minimum Gasteiger partial charge on any atom is -0.465 e. The third-order valence-electron chi connectivity index (χ3n) is 3.17. The molecule has 108 valence electrons. The van der Waals surface area contributed by atoms with Gasteiger partial charge in [0, 0.05) is 11.6 Å². The summed E-state index contributed by atoms with van der Waals surface area (Å²) in [7, 11) is 1.36. The van der Waals surface area contributed by atoms with Gasteiger partial charge < -0.3 is 4.74 Å². The van der Waals surface area contributed by atoms with Crippen LogP contribution in [0.1, 0.15) is 29.9 Å². The Labute approximate surface area is 125 Å². The topological polar surface area (TPSA) is 39.2 Å². The Morgan fingerprint density at radius 2 is 2.05 bits per heavy atom. The molecule has 21 heavy (non-hydrogen) atoms. The molecule has 2 rings (SSSR count). The molecule has 0 fully saturated rings. The summed E-state index contributed by atoms with van der Waals surface area (Å²) >= 11 is 0. The molecule has 1 aliphatic rings. The number of hydrogen-bond acceptors (Lipinski definition) is 3. The zero-order valence-electron chi connectivity index (χ0n) is 12.5. The van der Waals surface area contributed by atoms with E-state index in [1.165, 1.54) is 13.3 Å². The summed E-state index contributed by atoms with van der Waals surface area (Å²) in [5, 5.41) is 0. The van der Waals surface area contributed by atoms with Gasteiger partial charge in [-0.1, -0.05) is 50.3 Å². The van der Waals surface area contributed by atoms with Crippen LogP contribution in [0, 0.1) is 5.41 Å². The Morgan fingerprint density at radius 3 is 2.71 bits per heavy atom. The number of ether oxygens (including phenoxy) is 1. The fourth-order valence-corrected chi connectivity index (χ4v) is 1.86. The smallest absolute Gasteiger partial charge is 0.339 e. The average molecular weight is 281 g/mol. The normalized spacial score (nSPS) is 16.6. The number of carbonyl (C=O) groups excluding carboxylic acids is 1. The van der Waals surface area contributed by atoms with Gasteiger partial charge in [-0.15, -0.1) is 0 Å². The minimum absolute atomic E-state index is 0.0759. The average Bonchev–Trinajstić information content (AvgIpc) is 2.65. The van der Waals surface area contributed by atoms with E-state index >= 15 is 0 Å². The maximum atomic E-state index is 11.3. The standard InChI is InChI=1S/C18H19NO2/c1-18(2)11-4-5-14(10-12-18)6-8-16-9-7-15(13-19-16)17(20)21-3/h4-13H,1-3H3/b8-6+. The lowest BCUT2D eigenvalue weighted by Crippen LogP contribution is -2.01. The Morgan fingerprint density at radius 1 is 1.24 bits per heavy atom. The van der Waals surface area contributed by atoms with E-state index in [1.807, 2.05) is 12.2 Å². The van der Waals surface area contributed by atoms with Gasteiger partial charge in [-0.25, -0.2) is 4.79 Å². The summed E-state index contributed by atoms with van der Waals surface area (Å²) in [6.45, 7) is 4.32. The number of aromatic nitrogens is 1. The Hall–Kier alpha value is -2.42. The Bertz CT molecular complexity index is 632. The molecule has 1 aliphatic carbocycles. The van der Waals surface area contributed by atoms with Gasteiger partial charge in [0.05, 0.1) is 18.4 Å². The van der Waals surface area contributed by atoms with E-state index in [9.17, 15) is 4.79 Å². The second kappa shape index (κ2) is 6.35. The highest BCUT2D eigenvalue weighted by molar-refractivity contribution is 5.89. The van der Waals surface area contributed by atoms with Crippen molar-refractivity contribution in [3.8, 4) is 0 Å². The van der Waals surface area contributed by atoms with Gasteiger partial charge in [0.25, 0.3) is 0 Å². The molecule has 0 atom stereocenters. The van der Waals surface area contributed by atoms with Crippen LogP contribution >= 0.6 is 0 Å². The predicted octanol–water partition coefficient (Wildman–Crippen LogP) is 3.96. The van der Waals surface area contributed by atoms with Crippen LogP contribution in [0.5, 0.6) is 0 Å². The van der Waals surface area contributed by atoms with E-state index in [4.69, 9.17) is 0 Å². The molecule has 3 nitrogen and oxygen atoms in total. The molecule has 0 aromatic carbocycles. The molecule has 1 heterocycles. The van der Waals surface area contributed by atoms with Gasteiger partial charge in [0.1, 0.15) is 0 Å². The van der Waals surface area contributed by atoms with E-state index in [0.717, 1.165) is 11.3 Å². The lowest BCUT2D eigenvalue weighted by molar-refractivity contribution is 0.0600. The van der Waals surface area contributed by atoms with Gasteiger partial charge in [-0.2, -0.15) is 0 Å². The summed E-state index contributed by atoms with van der Waals surface area (Å²) in [6, 6.07) is 3.50. The molecule has 0 radical (unpaired) electrons. The van der Waals surface area contributed by atoms with Crippen molar-refractivity contribution < 1.29 is 9.53 Å². The fourth-order valence-electron chi connectivity index (χ4n) is 1.86. The highest BCUT2D eigenvalue weighted by Gasteiger charge is 2.09. The first-order valence-corrected chi connectivity index (χ1v) is 6.81. The van der Waals surface area contributed by atoms with Crippen LogP contribution < -0.4 is 0 Å². The van der Waals surface area contributed by atoms with Crippen molar-refractivity contribution in [3.05, 3.63) is 71.6 Å². The molecule has 0 saturated carbocycles. The molecule has 1 aromatic rings. The minimum atomic E-state index is -0.375. The van der Waals surface area contributed by atoms with Gasteiger partial charge in [-0.05, 0) is 23.8 Å². The number of allylic oxidation sites excluding steroid dienone is 7. The van der Waals surface area contributed by atoms with E-state index in [2.05, 4.69) is 53.9 Å². The number of hydrogen-bond donors (Lipinski definition) is 0. The summed E-state index contributed by atoms with van der Waals surface area (Å²) in [6.07, 6.45) is 16.0. The third kappa shape index (κ3) is 4.28. The van der Waals surface area contributed by atoms with Gasteiger partial charge in [-0.3, -0.25) is 4.98 Å². The second-order valence-corrected chi connectivity index (χ2v) is 5.48. The van der Waals surface area contributed by atoms with Crippen LogP contribution in [0.25, 0.3) is 6.08 Å². The SMILES string of the molecule is COC(=O)c1ccc(/C=C/C2=CC=CC(C)(C)C=C2)nc1. The molecule has 3 heteroatoms.